The van der Waals surface area contributed by atoms with E-state index in [1.807, 2.05) is 29.2 Å². The molecule has 0 bridgehead atoms. The molecule has 3 aromatic rings. The van der Waals surface area contributed by atoms with Crippen LogP contribution in [-0.4, -0.2) is 26.9 Å². The molecule has 0 radical (unpaired) electrons. The van der Waals surface area contributed by atoms with E-state index >= 15 is 0 Å². The standard InChI is InChI=1S/C13H10N2O3S/c1-19-12-6-15(7-14-12)9-3-2-4-10-8(9)5-11(18-10)13(16)17/h2-7H,1H3,(H,16,17). The number of carboxylic acids is 1. The number of imidazole rings is 1. The van der Waals surface area contributed by atoms with Gasteiger partial charge in [-0.2, -0.15) is 0 Å². The summed E-state index contributed by atoms with van der Waals surface area (Å²) >= 11 is 1.55. The van der Waals surface area contributed by atoms with Crippen LogP contribution in [0, 0.1) is 0 Å². The van der Waals surface area contributed by atoms with Gasteiger partial charge in [-0.15, -0.1) is 11.8 Å². The van der Waals surface area contributed by atoms with Gasteiger partial charge in [0.05, 0.1) is 5.69 Å². The number of aromatic carboxylic acids is 1. The monoisotopic (exact) mass is 274 g/mol. The quantitative estimate of drug-likeness (QED) is 0.743. The van der Waals surface area contributed by atoms with Crippen LogP contribution >= 0.6 is 11.8 Å². The molecule has 0 saturated heterocycles. The lowest BCUT2D eigenvalue weighted by molar-refractivity contribution is 0.0665. The third kappa shape index (κ3) is 2.00. The average molecular weight is 274 g/mol. The molecule has 0 amide bonds. The van der Waals surface area contributed by atoms with Gasteiger partial charge in [-0.1, -0.05) is 6.07 Å². The summed E-state index contributed by atoms with van der Waals surface area (Å²) < 4.78 is 7.14. The lowest BCUT2D eigenvalue weighted by atomic mass is 10.2. The number of aromatic nitrogens is 2. The van der Waals surface area contributed by atoms with Crippen LogP contribution in [0.25, 0.3) is 16.7 Å². The van der Waals surface area contributed by atoms with Gasteiger partial charge in [-0.3, -0.25) is 0 Å². The van der Waals surface area contributed by atoms with E-state index < -0.39 is 5.97 Å². The molecule has 2 heterocycles. The third-order valence-electron chi connectivity index (χ3n) is 2.80. The highest BCUT2D eigenvalue weighted by molar-refractivity contribution is 7.98. The van der Waals surface area contributed by atoms with Crippen molar-refractivity contribution in [1.29, 1.82) is 0 Å². The summed E-state index contributed by atoms with van der Waals surface area (Å²) in [6, 6.07) is 7.00. The number of hydrogen-bond acceptors (Lipinski definition) is 4. The molecule has 96 valence electrons. The largest absolute Gasteiger partial charge is 0.475 e. The number of benzene rings is 1. The van der Waals surface area contributed by atoms with Crippen molar-refractivity contribution in [3.8, 4) is 5.69 Å². The Hall–Kier alpha value is -2.21. The Kier molecular flexibility index (Phi) is 2.79. The number of hydrogen-bond donors (Lipinski definition) is 1. The predicted octanol–water partition coefficient (Wildman–Crippen LogP) is 3.04. The van der Waals surface area contributed by atoms with Crippen LogP contribution in [0.3, 0.4) is 0 Å². The van der Waals surface area contributed by atoms with Crippen LogP contribution in [-0.2, 0) is 0 Å². The normalized spacial score (nSPS) is 11.0. The second-order valence-electron chi connectivity index (χ2n) is 3.93. The first kappa shape index (κ1) is 11.9. The Morgan fingerprint density at radius 1 is 1.47 bits per heavy atom. The van der Waals surface area contributed by atoms with Crippen LogP contribution in [0.15, 0.2) is 46.2 Å². The second kappa shape index (κ2) is 4.47. The molecule has 19 heavy (non-hydrogen) atoms. The fourth-order valence-corrected chi connectivity index (χ4v) is 2.29. The van der Waals surface area contributed by atoms with Crippen molar-refractivity contribution in [3.63, 3.8) is 0 Å². The van der Waals surface area contributed by atoms with Gasteiger partial charge in [-0.25, -0.2) is 9.78 Å². The van der Waals surface area contributed by atoms with Gasteiger partial charge in [0.15, 0.2) is 0 Å². The lowest BCUT2D eigenvalue weighted by Crippen LogP contribution is -1.92. The molecule has 0 spiro atoms. The molecular weight excluding hydrogens is 264 g/mol. The van der Waals surface area contributed by atoms with Gasteiger partial charge in [0, 0.05) is 17.6 Å². The Morgan fingerprint density at radius 3 is 3.00 bits per heavy atom. The molecule has 3 rings (SSSR count). The number of nitrogens with zero attached hydrogens (tertiary/aromatic N) is 2. The summed E-state index contributed by atoms with van der Waals surface area (Å²) in [7, 11) is 0. The zero-order valence-electron chi connectivity index (χ0n) is 10.0. The molecule has 1 N–H and O–H groups in total. The first-order valence-corrected chi connectivity index (χ1v) is 6.75. The van der Waals surface area contributed by atoms with Crippen molar-refractivity contribution in [3.05, 3.63) is 42.5 Å². The van der Waals surface area contributed by atoms with E-state index in [1.54, 1.807) is 24.2 Å². The summed E-state index contributed by atoms with van der Waals surface area (Å²) in [5.74, 6) is -1.13. The van der Waals surface area contributed by atoms with E-state index in [9.17, 15) is 4.79 Å². The topological polar surface area (TPSA) is 68.3 Å². The van der Waals surface area contributed by atoms with Crippen LogP contribution in [0.1, 0.15) is 10.6 Å². The summed E-state index contributed by atoms with van der Waals surface area (Å²) in [6.07, 6.45) is 5.55. The lowest BCUT2D eigenvalue weighted by Gasteiger charge is -2.02. The summed E-state index contributed by atoms with van der Waals surface area (Å²) in [5, 5.41) is 10.6. The number of carbonyl (C=O) groups is 1. The smallest absolute Gasteiger partial charge is 0.371 e. The Morgan fingerprint density at radius 2 is 2.32 bits per heavy atom. The maximum atomic E-state index is 11.0. The predicted molar refractivity (Wildman–Crippen MR) is 72.1 cm³/mol. The molecule has 0 aliphatic rings. The van der Waals surface area contributed by atoms with E-state index in [1.165, 1.54) is 6.07 Å². The molecule has 0 aliphatic heterocycles. The van der Waals surface area contributed by atoms with Crippen LogP contribution in [0.2, 0.25) is 0 Å². The molecule has 0 saturated carbocycles. The SMILES string of the molecule is CSc1cn(-c2cccc3oc(C(=O)O)cc23)cn1. The van der Waals surface area contributed by atoms with Crippen molar-refractivity contribution < 1.29 is 14.3 Å². The number of fused-ring (bicyclic) bond motifs is 1. The minimum atomic E-state index is -1.07. The number of rotatable bonds is 3. The molecule has 1 aromatic carbocycles. The average Bonchev–Trinajstić information content (AvgIpc) is 3.04. The van der Waals surface area contributed by atoms with Crippen molar-refractivity contribution in [2.45, 2.75) is 5.03 Å². The summed E-state index contributed by atoms with van der Waals surface area (Å²) in [5.41, 5.74) is 1.40. The maximum absolute atomic E-state index is 11.0. The first-order chi connectivity index (χ1) is 9.19. The molecule has 5 nitrogen and oxygen atoms in total. The van der Waals surface area contributed by atoms with Gasteiger partial charge < -0.3 is 14.1 Å². The molecule has 0 aliphatic carbocycles. The molecular formula is C13H10N2O3S. The fraction of sp³-hybridized carbons (Fsp3) is 0.0769. The van der Waals surface area contributed by atoms with Crippen molar-refractivity contribution >= 4 is 28.7 Å². The van der Waals surface area contributed by atoms with Gasteiger partial charge in [0.1, 0.15) is 16.9 Å². The zero-order valence-corrected chi connectivity index (χ0v) is 10.8. The highest BCUT2D eigenvalue weighted by Gasteiger charge is 2.13. The number of thioether (sulfide) groups is 1. The first-order valence-electron chi connectivity index (χ1n) is 5.53. The number of carboxylic acid groups (broad SMARTS) is 1. The van der Waals surface area contributed by atoms with Crippen LogP contribution in [0.5, 0.6) is 0 Å². The molecule has 0 atom stereocenters. The van der Waals surface area contributed by atoms with Gasteiger partial charge >= 0.3 is 5.97 Å². The molecule has 2 aromatic heterocycles. The van der Waals surface area contributed by atoms with Crippen LogP contribution < -0.4 is 0 Å². The van der Waals surface area contributed by atoms with E-state index in [2.05, 4.69) is 4.98 Å². The third-order valence-corrected chi connectivity index (χ3v) is 3.42. The van der Waals surface area contributed by atoms with Gasteiger partial charge in [0.2, 0.25) is 5.76 Å². The summed E-state index contributed by atoms with van der Waals surface area (Å²) in [6.45, 7) is 0. The minimum absolute atomic E-state index is 0.0624. The second-order valence-corrected chi connectivity index (χ2v) is 4.75. The fourth-order valence-electron chi connectivity index (χ4n) is 1.92. The molecule has 0 unspecified atom stereocenters. The zero-order chi connectivity index (χ0) is 13.4. The maximum Gasteiger partial charge on any atom is 0.371 e. The Balaban J connectivity index is 2.20. The number of furan rings is 1. The van der Waals surface area contributed by atoms with E-state index in [0.717, 1.165) is 16.1 Å². The van der Waals surface area contributed by atoms with Gasteiger partial charge in [-0.05, 0) is 18.4 Å². The van der Waals surface area contributed by atoms with Crippen LogP contribution in [0.4, 0.5) is 0 Å². The van der Waals surface area contributed by atoms with Crippen molar-refractivity contribution in [2.75, 3.05) is 6.26 Å². The Labute approximate surface area is 112 Å². The van der Waals surface area contributed by atoms with Gasteiger partial charge in [0.25, 0.3) is 0 Å². The highest BCUT2D eigenvalue weighted by atomic mass is 32.2. The highest BCUT2D eigenvalue weighted by Crippen LogP contribution is 2.26. The van der Waals surface area contributed by atoms with Crippen molar-refractivity contribution in [2.24, 2.45) is 0 Å². The molecule has 0 fully saturated rings. The molecule has 6 heteroatoms. The van der Waals surface area contributed by atoms with E-state index in [4.69, 9.17) is 9.52 Å². The van der Waals surface area contributed by atoms with E-state index in [0.29, 0.717) is 5.58 Å². The Bertz CT molecular complexity index is 760. The summed E-state index contributed by atoms with van der Waals surface area (Å²) in [4.78, 5) is 15.2. The van der Waals surface area contributed by atoms with Crippen molar-refractivity contribution in [1.82, 2.24) is 9.55 Å². The van der Waals surface area contributed by atoms with E-state index in [-0.39, 0.29) is 5.76 Å². The minimum Gasteiger partial charge on any atom is -0.475 e.